The van der Waals surface area contributed by atoms with Gasteiger partial charge in [0.1, 0.15) is 11.4 Å². The van der Waals surface area contributed by atoms with Crippen molar-refractivity contribution in [3.05, 3.63) is 22.8 Å². The standard InChI is InChI=1S/C15H20BrN3O3/c1-9(18-14(21)22-15(2,3)4)8-19-13-10(7-17-19)5-6-11(20)12(13)16/h5-7,9,20H,8H2,1-4H3,(H,18,21). The number of phenols is 1. The van der Waals surface area contributed by atoms with E-state index < -0.39 is 11.7 Å². The fourth-order valence-corrected chi connectivity index (χ4v) is 2.64. The number of ether oxygens (including phenoxy) is 1. The molecule has 2 rings (SSSR count). The molecule has 1 aromatic carbocycles. The number of carbonyl (C=O) groups is 1. The first-order valence-electron chi connectivity index (χ1n) is 7.00. The maximum Gasteiger partial charge on any atom is 0.407 e. The van der Waals surface area contributed by atoms with Crippen molar-refractivity contribution in [1.29, 1.82) is 0 Å². The number of nitrogens with zero attached hydrogens (tertiary/aromatic N) is 2. The Morgan fingerprint density at radius 1 is 1.50 bits per heavy atom. The second kappa shape index (κ2) is 6.16. The van der Waals surface area contributed by atoms with Gasteiger partial charge in [0, 0.05) is 11.4 Å². The average Bonchev–Trinajstić information content (AvgIpc) is 2.75. The lowest BCUT2D eigenvalue weighted by Crippen LogP contribution is -2.39. The third kappa shape index (κ3) is 3.91. The Kier molecular flexibility index (Phi) is 4.65. The Hall–Kier alpha value is -1.76. The van der Waals surface area contributed by atoms with Crippen LogP contribution in [0.5, 0.6) is 5.75 Å². The molecule has 0 bridgehead atoms. The van der Waals surface area contributed by atoms with Gasteiger partial charge in [-0.3, -0.25) is 4.68 Å². The van der Waals surface area contributed by atoms with Gasteiger partial charge in [0.2, 0.25) is 0 Å². The highest BCUT2D eigenvalue weighted by atomic mass is 79.9. The highest BCUT2D eigenvalue weighted by Crippen LogP contribution is 2.32. The van der Waals surface area contributed by atoms with Crippen LogP contribution in [0.1, 0.15) is 27.7 Å². The predicted molar refractivity (Wildman–Crippen MR) is 87.9 cm³/mol. The largest absolute Gasteiger partial charge is 0.507 e. The minimum absolute atomic E-state index is 0.155. The van der Waals surface area contributed by atoms with E-state index in [0.29, 0.717) is 11.0 Å². The minimum Gasteiger partial charge on any atom is -0.507 e. The van der Waals surface area contributed by atoms with Crippen molar-refractivity contribution in [2.24, 2.45) is 0 Å². The molecule has 1 atom stereocenters. The summed E-state index contributed by atoms with van der Waals surface area (Å²) in [7, 11) is 0. The Morgan fingerprint density at radius 3 is 2.82 bits per heavy atom. The third-order valence-corrected chi connectivity index (χ3v) is 3.71. The van der Waals surface area contributed by atoms with Crippen molar-refractivity contribution in [3.63, 3.8) is 0 Å². The van der Waals surface area contributed by atoms with Crippen LogP contribution < -0.4 is 5.32 Å². The lowest BCUT2D eigenvalue weighted by Gasteiger charge is -2.22. The summed E-state index contributed by atoms with van der Waals surface area (Å²) in [5, 5.41) is 17.8. The summed E-state index contributed by atoms with van der Waals surface area (Å²) in [4.78, 5) is 11.8. The van der Waals surface area contributed by atoms with E-state index in [2.05, 4.69) is 26.3 Å². The molecule has 0 aliphatic rings. The van der Waals surface area contributed by atoms with Crippen LogP contribution in [0.25, 0.3) is 10.9 Å². The summed E-state index contributed by atoms with van der Waals surface area (Å²) >= 11 is 3.37. The van der Waals surface area contributed by atoms with Gasteiger partial charge < -0.3 is 15.2 Å². The Bertz CT molecular complexity index is 691. The summed E-state index contributed by atoms with van der Waals surface area (Å²) in [5.74, 6) is 0.155. The molecule has 0 aliphatic carbocycles. The number of carbonyl (C=O) groups excluding carboxylic acids is 1. The molecule has 0 saturated carbocycles. The molecule has 0 aliphatic heterocycles. The smallest absolute Gasteiger partial charge is 0.407 e. The van der Waals surface area contributed by atoms with Gasteiger partial charge in [0.25, 0.3) is 0 Å². The summed E-state index contributed by atoms with van der Waals surface area (Å²) in [6.45, 7) is 7.79. The zero-order valence-corrected chi connectivity index (χ0v) is 14.6. The molecule has 0 spiro atoms. The molecular formula is C15H20BrN3O3. The van der Waals surface area contributed by atoms with Crippen LogP contribution in [0.3, 0.4) is 0 Å². The topological polar surface area (TPSA) is 76.4 Å². The zero-order valence-electron chi connectivity index (χ0n) is 13.1. The first-order valence-corrected chi connectivity index (χ1v) is 7.79. The van der Waals surface area contributed by atoms with Crippen LogP contribution in [0.4, 0.5) is 4.79 Å². The molecule has 1 amide bonds. The van der Waals surface area contributed by atoms with Crippen molar-refractivity contribution in [3.8, 4) is 5.75 Å². The molecule has 0 saturated heterocycles. The number of alkyl carbamates (subject to hydrolysis) is 1. The van der Waals surface area contributed by atoms with Crippen LogP contribution in [0.2, 0.25) is 0 Å². The average molecular weight is 370 g/mol. The van der Waals surface area contributed by atoms with Crippen LogP contribution in [-0.2, 0) is 11.3 Å². The Morgan fingerprint density at radius 2 is 2.18 bits per heavy atom. The molecule has 0 radical (unpaired) electrons. The fourth-order valence-electron chi connectivity index (χ4n) is 2.08. The SMILES string of the molecule is CC(Cn1ncc2ccc(O)c(Br)c21)NC(=O)OC(C)(C)C. The second-order valence-electron chi connectivity index (χ2n) is 6.21. The van der Waals surface area contributed by atoms with Crippen molar-refractivity contribution >= 4 is 32.9 Å². The lowest BCUT2D eigenvalue weighted by molar-refractivity contribution is 0.0503. The summed E-state index contributed by atoms with van der Waals surface area (Å²) in [6.07, 6.45) is 1.26. The number of fused-ring (bicyclic) bond motifs is 1. The van der Waals surface area contributed by atoms with Crippen LogP contribution in [0.15, 0.2) is 22.8 Å². The lowest BCUT2D eigenvalue weighted by atomic mass is 10.2. The molecule has 22 heavy (non-hydrogen) atoms. The predicted octanol–water partition coefficient (Wildman–Crippen LogP) is 3.42. The number of aromatic hydroxyl groups is 1. The van der Waals surface area contributed by atoms with E-state index in [1.807, 2.05) is 27.7 Å². The first-order chi connectivity index (χ1) is 10.2. The fraction of sp³-hybridized carbons (Fsp3) is 0.467. The maximum absolute atomic E-state index is 11.8. The van der Waals surface area contributed by atoms with Crippen molar-refractivity contribution < 1.29 is 14.6 Å². The molecule has 1 unspecified atom stereocenters. The van der Waals surface area contributed by atoms with Crippen molar-refractivity contribution in [1.82, 2.24) is 15.1 Å². The Balaban J connectivity index is 2.11. The summed E-state index contributed by atoms with van der Waals surface area (Å²) in [5.41, 5.74) is 0.259. The molecule has 2 N–H and O–H groups in total. The molecule has 0 fully saturated rings. The summed E-state index contributed by atoms with van der Waals surface area (Å²) < 4.78 is 7.56. The van der Waals surface area contributed by atoms with Gasteiger partial charge in [0.15, 0.2) is 0 Å². The monoisotopic (exact) mass is 369 g/mol. The quantitative estimate of drug-likeness (QED) is 0.868. The Labute approximate surface area is 137 Å². The highest BCUT2D eigenvalue weighted by molar-refractivity contribution is 9.10. The van der Waals surface area contributed by atoms with E-state index in [9.17, 15) is 9.90 Å². The number of benzene rings is 1. The van der Waals surface area contributed by atoms with E-state index >= 15 is 0 Å². The first kappa shape index (κ1) is 16.6. The number of nitrogens with one attached hydrogen (secondary N) is 1. The molecule has 120 valence electrons. The maximum atomic E-state index is 11.8. The van der Waals surface area contributed by atoms with Gasteiger partial charge >= 0.3 is 6.09 Å². The zero-order chi connectivity index (χ0) is 16.5. The number of amides is 1. The number of aromatic nitrogens is 2. The van der Waals surface area contributed by atoms with Gasteiger partial charge in [-0.05, 0) is 55.8 Å². The number of hydrogen-bond donors (Lipinski definition) is 2. The van der Waals surface area contributed by atoms with E-state index in [4.69, 9.17) is 4.74 Å². The summed E-state index contributed by atoms with van der Waals surface area (Å²) in [6, 6.07) is 3.23. The molecule has 1 heterocycles. The van der Waals surface area contributed by atoms with E-state index in [1.165, 1.54) is 0 Å². The van der Waals surface area contributed by atoms with Crippen LogP contribution in [0, 0.1) is 0 Å². The van der Waals surface area contributed by atoms with E-state index in [0.717, 1.165) is 10.9 Å². The molecular weight excluding hydrogens is 350 g/mol. The molecule has 7 heteroatoms. The van der Waals surface area contributed by atoms with Gasteiger partial charge in [-0.25, -0.2) is 4.79 Å². The van der Waals surface area contributed by atoms with Gasteiger partial charge in [-0.15, -0.1) is 0 Å². The van der Waals surface area contributed by atoms with Gasteiger partial charge in [-0.2, -0.15) is 5.10 Å². The second-order valence-corrected chi connectivity index (χ2v) is 7.00. The molecule has 6 nitrogen and oxygen atoms in total. The normalized spacial score (nSPS) is 13.1. The van der Waals surface area contributed by atoms with Gasteiger partial charge in [-0.1, -0.05) is 0 Å². The van der Waals surface area contributed by atoms with E-state index in [1.54, 1.807) is 23.0 Å². The van der Waals surface area contributed by atoms with Crippen LogP contribution >= 0.6 is 15.9 Å². The van der Waals surface area contributed by atoms with Crippen LogP contribution in [-0.4, -0.2) is 32.6 Å². The van der Waals surface area contributed by atoms with Gasteiger partial charge in [0.05, 0.1) is 22.7 Å². The molecule has 2 aromatic rings. The van der Waals surface area contributed by atoms with Crippen molar-refractivity contribution in [2.45, 2.75) is 45.9 Å². The molecule has 1 aromatic heterocycles. The number of halogens is 1. The number of rotatable bonds is 3. The van der Waals surface area contributed by atoms with E-state index in [-0.39, 0.29) is 11.8 Å². The third-order valence-electron chi connectivity index (χ3n) is 2.93. The minimum atomic E-state index is -0.531. The highest BCUT2D eigenvalue weighted by Gasteiger charge is 2.19. The van der Waals surface area contributed by atoms with Crippen molar-refractivity contribution in [2.75, 3.05) is 0 Å². The number of hydrogen-bond acceptors (Lipinski definition) is 4. The number of phenolic OH excluding ortho intramolecular Hbond substituents is 1.